The van der Waals surface area contributed by atoms with Crippen molar-refractivity contribution >= 4 is 21.7 Å². The number of fused-ring (bicyclic) bond motifs is 6. The van der Waals surface area contributed by atoms with Gasteiger partial charge in [0.05, 0.1) is 0 Å². The summed E-state index contributed by atoms with van der Waals surface area (Å²) in [5, 5.41) is 3.64. The number of benzene rings is 4. The Hall–Kier alpha value is -2.55. The first-order valence-corrected chi connectivity index (χ1v) is 31.2. The first kappa shape index (κ1) is 33.0. The van der Waals surface area contributed by atoms with E-state index in [2.05, 4.69) is 150 Å². The molecule has 0 amide bonds. The summed E-state index contributed by atoms with van der Waals surface area (Å²) >= 11 is -2.62. The molecule has 0 bridgehead atoms. The van der Waals surface area contributed by atoms with Gasteiger partial charge in [0.15, 0.2) is 0 Å². The summed E-state index contributed by atoms with van der Waals surface area (Å²) in [5.74, 6) is 0.602. The molecule has 4 aromatic carbocycles. The van der Waals surface area contributed by atoms with Gasteiger partial charge < -0.3 is 0 Å². The maximum absolute atomic E-state index is 2.77. The van der Waals surface area contributed by atoms with Gasteiger partial charge >= 0.3 is 273 Å². The van der Waals surface area contributed by atoms with Crippen molar-refractivity contribution in [1.82, 2.24) is 0 Å². The number of hydrogen-bond acceptors (Lipinski definition) is 0. The van der Waals surface area contributed by atoms with E-state index in [-0.39, 0.29) is 10.8 Å². The standard InChI is InChI=1S/C43H48Si.2CH3.Hf/c1-10-13-38-37-17-12-16-36(34-21-19-31(23-28(34)3)43(7,8)9)40(37)26-41(38)44-32-24-29-14-11-15-35(39(29)25-32)33-20-18-30(22-27(33)2)42(4,5)6;;;/h11-12,14-26,38H,1,10,13,44H2,2-9H3;2*1H3;. The molecule has 0 radical (unpaired) electrons. The summed E-state index contributed by atoms with van der Waals surface area (Å²) in [4.78, 5) is 0. The Morgan fingerprint density at radius 2 is 1.13 bits per heavy atom. The fourth-order valence-electron chi connectivity index (χ4n) is 9.07. The second-order valence-corrected chi connectivity index (χ2v) is 37.8. The van der Waals surface area contributed by atoms with Gasteiger partial charge in [0.25, 0.3) is 0 Å². The predicted octanol–water partition coefficient (Wildman–Crippen LogP) is 12.4. The first-order chi connectivity index (χ1) is 22.1. The molecule has 242 valence electrons. The van der Waals surface area contributed by atoms with Gasteiger partial charge in [0.2, 0.25) is 0 Å². The van der Waals surface area contributed by atoms with Gasteiger partial charge in [-0.1, -0.05) is 20.8 Å². The van der Waals surface area contributed by atoms with Crippen molar-refractivity contribution in [2.45, 2.75) is 102 Å². The summed E-state index contributed by atoms with van der Waals surface area (Å²) in [6, 6.07) is 28.9. The van der Waals surface area contributed by atoms with Crippen LogP contribution in [0, 0.1) is 13.8 Å². The van der Waals surface area contributed by atoms with Crippen molar-refractivity contribution in [3.05, 3.63) is 128 Å². The van der Waals surface area contributed by atoms with Crippen molar-refractivity contribution in [1.29, 1.82) is 0 Å². The van der Waals surface area contributed by atoms with Crippen LogP contribution in [0.4, 0.5) is 0 Å². The van der Waals surface area contributed by atoms with Crippen LogP contribution < -0.4 is 0 Å². The molecule has 0 spiro atoms. The molecule has 3 aliphatic rings. The van der Waals surface area contributed by atoms with E-state index in [1.54, 1.807) is 21.9 Å². The van der Waals surface area contributed by atoms with Gasteiger partial charge in [-0.25, -0.2) is 0 Å². The van der Waals surface area contributed by atoms with E-state index in [1.165, 1.54) is 67.1 Å². The Bertz CT molecular complexity index is 1960. The first-order valence-electron chi connectivity index (χ1n) is 18.0. The van der Waals surface area contributed by atoms with Crippen LogP contribution in [0.2, 0.25) is 13.5 Å². The SMILES string of the molecule is Cc1cc(C(C)(C)C)ccc1-c1cccc2c1C=C1[SiH2]C3=Cc4c(-c5ccc(C(C)(C)C)cc5C)cccc4[CH]3[Hf]([CH3])([CH3])[CH2]CCC12. The fraction of sp³-hybridized carbons (Fsp3) is 0.378. The Balaban J connectivity index is 1.31. The minimum atomic E-state index is -2.62. The Morgan fingerprint density at radius 3 is 1.66 bits per heavy atom. The number of hydrogen-bond donors (Lipinski definition) is 0. The van der Waals surface area contributed by atoms with Crippen LogP contribution in [0.25, 0.3) is 34.4 Å². The quantitative estimate of drug-likeness (QED) is 0.177. The molecular formula is C45H54HfSi. The molecular weight excluding hydrogens is 747 g/mol. The second kappa shape index (κ2) is 11.8. The summed E-state index contributed by atoms with van der Waals surface area (Å²) in [6.45, 7) is 18.5. The van der Waals surface area contributed by atoms with E-state index < -0.39 is 29.5 Å². The molecule has 0 aromatic heterocycles. The molecule has 4 aromatic rings. The molecule has 0 N–H and O–H groups in total. The van der Waals surface area contributed by atoms with Gasteiger partial charge in [0.1, 0.15) is 0 Å². The Kier molecular flexibility index (Phi) is 8.28. The van der Waals surface area contributed by atoms with Crippen molar-refractivity contribution in [2.75, 3.05) is 0 Å². The second-order valence-electron chi connectivity index (χ2n) is 17.7. The van der Waals surface area contributed by atoms with Crippen molar-refractivity contribution in [3.63, 3.8) is 0 Å². The van der Waals surface area contributed by atoms with Gasteiger partial charge in [-0.15, -0.1) is 0 Å². The molecule has 1 aliphatic heterocycles. The molecule has 2 aliphatic carbocycles. The van der Waals surface area contributed by atoms with Crippen LogP contribution in [0.15, 0.2) is 83.2 Å². The van der Waals surface area contributed by atoms with Crippen LogP contribution >= 0.6 is 0 Å². The molecule has 0 nitrogen and oxygen atoms in total. The molecule has 1 fully saturated rings. The van der Waals surface area contributed by atoms with E-state index in [1.807, 2.05) is 5.20 Å². The summed E-state index contributed by atoms with van der Waals surface area (Å²) < 4.78 is 7.76. The molecule has 47 heavy (non-hydrogen) atoms. The molecule has 2 unspecified atom stereocenters. The predicted molar refractivity (Wildman–Crippen MR) is 206 cm³/mol. The number of aryl methyl sites for hydroxylation is 2. The van der Waals surface area contributed by atoms with E-state index in [4.69, 9.17) is 0 Å². The minimum absolute atomic E-state index is 0.163. The number of rotatable bonds is 2. The van der Waals surface area contributed by atoms with Crippen LogP contribution in [0.1, 0.15) is 108 Å². The van der Waals surface area contributed by atoms with Crippen LogP contribution in [-0.2, 0) is 30.8 Å². The average Bonchev–Trinajstić information content (AvgIpc) is 3.55. The maximum atomic E-state index is 2.77. The van der Waals surface area contributed by atoms with Crippen molar-refractivity contribution in [2.24, 2.45) is 0 Å². The van der Waals surface area contributed by atoms with Crippen LogP contribution in [-0.4, -0.2) is 9.52 Å². The van der Waals surface area contributed by atoms with E-state index in [0.717, 1.165) is 3.67 Å². The zero-order chi connectivity index (χ0) is 33.5. The Labute approximate surface area is 292 Å². The van der Waals surface area contributed by atoms with Crippen molar-refractivity contribution in [3.8, 4) is 22.3 Å². The zero-order valence-corrected chi connectivity index (χ0v) is 35.6. The molecule has 1 heterocycles. The third-order valence-electron chi connectivity index (χ3n) is 11.7. The van der Waals surface area contributed by atoms with Gasteiger partial charge in [-0.05, 0) is 0 Å². The third-order valence-corrected chi connectivity index (χ3v) is 29.3. The summed E-state index contributed by atoms with van der Waals surface area (Å²) in [7, 11) is -0.593. The summed E-state index contributed by atoms with van der Waals surface area (Å²) in [5.41, 5.74) is 18.0. The van der Waals surface area contributed by atoms with E-state index in [0.29, 0.717) is 5.92 Å². The molecule has 0 saturated carbocycles. The Morgan fingerprint density at radius 1 is 0.617 bits per heavy atom. The van der Waals surface area contributed by atoms with Crippen LogP contribution in [0.3, 0.4) is 0 Å². The molecule has 1 saturated heterocycles. The van der Waals surface area contributed by atoms with E-state index >= 15 is 0 Å². The van der Waals surface area contributed by atoms with E-state index in [9.17, 15) is 0 Å². The fourth-order valence-corrected chi connectivity index (χ4v) is 29.7. The average molecular weight is 802 g/mol. The van der Waals surface area contributed by atoms with Crippen LogP contribution in [0.5, 0.6) is 0 Å². The summed E-state index contributed by atoms with van der Waals surface area (Å²) in [6.07, 6.45) is 8.11. The van der Waals surface area contributed by atoms with Gasteiger partial charge in [-0.3, -0.25) is 0 Å². The zero-order valence-electron chi connectivity index (χ0n) is 30.6. The topological polar surface area (TPSA) is 0 Å². The normalized spacial score (nSPS) is 20.7. The third kappa shape index (κ3) is 5.90. The molecule has 2 heteroatoms. The molecule has 7 rings (SSSR count). The number of allylic oxidation sites excluding steroid dienone is 2. The monoisotopic (exact) mass is 802 g/mol. The van der Waals surface area contributed by atoms with Gasteiger partial charge in [-0.2, -0.15) is 0 Å². The van der Waals surface area contributed by atoms with Crippen molar-refractivity contribution < 1.29 is 20.0 Å². The molecule has 2 atom stereocenters. The van der Waals surface area contributed by atoms with Gasteiger partial charge in [0, 0.05) is 0 Å².